The number of nitrogens with zero attached hydrogens (tertiary/aromatic N) is 1. The molecule has 1 aromatic carbocycles. The maximum atomic E-state index is 12.4. The van der Waals surface area contributed by atoms with E-state index in [0.29, 0.717) is 23.8 Å². The van der Waals surface area contributed by atoms with Gasteiger partial charge in [0.05, 0.1) is 13.5 Å². The van der Waals surface area contributed by atoms with Gasteiger partial charge in [-0.05, 0) is 44.0 Å². The maximum absolute atomic E-state index is 12.4. The number of methoxy groups -OCH3 is 1. The van der Waals surface area contributed by atoms with Gasteiger partial charge < -0.3 is 15.4 Å². The molecular formula is C16H23ClN2O3. The predicted octanol–water partition coefficient (Wildman–Crippen LogP) is 1.67. The Hall–Kier alpha value is -1.59. The van der Waals surface area contributed by atoms with Crippen LogP contribution in [0.3, 0.4) is 0 Å². The first-order chi connectivity index (χ1) is 10.0. The van der Waals surface area contributed by atoms with Crippen molar-refractivity contribution in [2.45, 2.75) is 19.8 Å². The number of Topliss-reactive ketones (excluding diaryl/α,β-unsaturated/α-hetero) is 1. The van der Waals surface area contributed by atoms with E-state index >= 15 is 0 Å². The minimum Gasteiger partial charge on any atom is -0.496 e. The number of carbonyl (C=O) groups excluding carboxylic acids is 2. The van der Waals surface area contributed by atoms with Gasteiger partial charge in [-0.3, -0.25) is 9.59 Å². The first-order valence-corrected chi connectivity index (χ1v) is 7.20. The lowest BCUT2D eigenvalue weighted by Gasteiger charge is -2.17. The summed E-state index contributed by atoms with van der Waals surface area (Å²) in [6, 6.07) is 5.21. The number of amides is 1. The summed E-state index contributed by atoms with van der Waals surface area (Å²) in [6.07, 6.45) is 1.22. The number of ketones is 1. The number of rotatable bonds is 5. The third-order valence-electron chi connectivity index (χ3n) is 4.00. The summed E-state index contributed by atoms with van der Waals surface area (Å²) in [5, 5.41) is 0. The van der Waals surface area contributed by atoms with Gasteiger partial charge in [-0.2, -0.15) is 0 Å². The van der Waals surface area contributed by atoms with E-state index in [1.807, 2.05) is 4.90 Å². The van der Waals surface area contributed by atoms with Crippen LogP contribution in [-0.4, -0.2) is 43.3 Å². The summed E-state index contributed by atoms with van der Waals surface area (Å²) in [5.74, 6) is 1.09. The van der Waals surface area contributed by atoms with E-state index in [2.05, 4.69) is 0 Å². The second kappa shape index (κ2) is 8.15. The Labute approximate surface area is 137 Å². The molecule has 1 aromatic rings. The number of carbonyl (C=O) groups is 2. The number of hydrogen-bond donors (Lipinski definition) is 1. The van der Waals surface area contributed by atoms with Gasteiger partial charge in [0, 0.05) is 24.2 Å². The van der Waals surface area contributed by atoms with Gasteiger partial charge >= 0.3 is 0 Å². The average Bonchev–Trinajstić information content (AvgIpc) is 2.96. The molecule has 1 saturated heterocycles. The van der Waals surface area contributed by atoms with Crippen LogP contribution >= 0.6 is 12.4 Å². The normalized spacial score (nSPS) is 17.0. The Balaban J connectivity index is 0.00000242. The topological polar surface area (TPSA) is 72.6 Å². The molecule has 1 atom stereocenters. The van der Waals surface area contributed by atoms with Crippen LogP contribution < -0.4 is 10.5 Å². The smallest absolute Gasteiger partial charge is 0.227 e. The van der Waals surface area contributed by atoms with Crippen molar-refractivity contribution in [2.75, 3.05) is 26.7 Å². The summed E-state index contributed by atoms with van der Waals surface area (Å²) in [6.45, 7) is 3.62. The van der Waals surface area contributed by atoms with Crippen molar-refractivity contribution in [3.63, 3.8) is 0 Å². The van der Waals surface area contributed by atoms with E-state index in [9.17, 15) is 9.59 Å². The molecule has 0 spiro atoms. The highest BCUT2D eigenvalue weighted by atomic mass is 35.5. The fourth-order valence-electron chi connectivity index (χ4n) is 2.66. The minimum atomic E-state index is -0.0179. The number of ether oxygens (including phenoxy) is 1. The van der Waals surface area contributed by atoms with Crippen molar-refractivity contribution in [1.82, 2.24) is 4.90 Å². The lowest BCUT2D eigenvalue weighted by Crippen LogP contribution is -2.31. The zero-order chi connectivity index (χ0) is 15.4. The first-order valence-electron chi connectivity index (χ1n) is 7.20. The number of nitrogens with two attached hydrogens (primary N) is 1. The van der Waals surface area contributed by atoms with E-state index in [4.69, 9.17) is 10.5 Å². The summed E-state index contributed by atoms with van der Waals surface area (Å²) in [5.41, 5.74) is 7.01. The van der Waals surface area contributed by atoms with Crippen molar-refractivity contribution in [2.24, 2.45) is 11.7 Å². The van der Waals surface area contributed by atoms with Crippen LogP contribution in [0.4, 0.5) is 0 Å². The van der Waals surface area contributed by atoms with Gasteiger partial charge in [0.25, 0.3) is 0 Å². The van der Waals surface area contributed by atoms with Crippen molar-refractivity contribution < 1.29 is 14.3 Å². The molecule has 0 saturated carbocycles. The zero-order valence-corrected chi connectivity index (χ0v) is 13.8. The van der Waals surface area contributed by atoms with Gasteiger partial charge in [-0.25, -0.2) is 0 Å². The lowest BCUT2D eigenvalue weighted by atomic mass is 10.0. The second-order valence-electron chi connectivity index (χ2n) is 5.49. The summed E-state index contributed by atoms with van der Waals surface area (Å²) >= 11 is 0. The van der Waals surface area contributed by atoms with Crippen LogP contribution in [0.15, 0.2) is 18.2 Å². The van der Waals surface area contributed by atoms with Gasteiger partial charge in [0.2, 0.25) is 5.91 Å². The van der Waals surface area contributed by atoms with E-state index in [-0.39, 0.29) is 30.5 Å². The Bertz CT molecular complexity index is 548. The van der Waals surface area contributed by atoms with Crippen LogP contribution in [0.5, 0.6) is 5.75 Å². The molecule has 2 N–H and O–H groups in total. The molecule has 1 amide bonds. The molecular weight excluding hydrogens is 304 g/mol. The molecule has 6 heteroatoms. The summed E-state index contributed by atoms with van der Waals surface area (Å²) < 4.78 is 5.28. The van der Waals surface area contributed by atoms with E-state index in [0.717, 1.165) is 25.1 Å². The van der Waals surface area contributed by atoms with E-state index in [1.165, 1.54) is 6.92 Å². The monoisotopic (exact) mass is 326 g/mol. The molecule has 2 rings (SSSR count). The maximum Gasteiger partial charge on any atom is 0.227 e. The highest BCUT2D eigenvalue weighted by Crippen LogP contribution is 2.23. The molecule has 1 fully saturated rings. The molecule has 0 aromatic heterocycles. The largest absolute Gasteiger partial charge is 0.496 e. The summed E-state index contributed by atoms with van der Waals surface area (Å²) in [7, 11) is 1.57. The molecule has 0 radical (unpaired) electrons. The predicted molar refractivity (Wildman–Crippen MR) is 87.7 cm³/mol. The zero-order valence-electron chi connectivity index (χ0n) is 13.0. The lowest BCUT2D eigenvalue weighted by molar-refractivity contribution is -0.129. The van der Waals surface area contributed by atoms with Crippen molar-refractivity contribution in [1.29, 1.82) is 0 Å². The Morgan fingerprint density at radius 3 is 2.68 bits per heavy atom. The highest BCUT2D eigenvalue weighted by molar-refractivity contribution is 5.94. The van der Waals surface area contributed by atoms with Crippen LogP contribution in [0.25, 0.3) is 0 Å². The Morgan fingerprint density at radius 1 is 1.41 bits per heavy atom. The molecule has 1 unspecified atom stereocenters. The van der Waals surface area contributed by atoms with Crippen LogP contribution in [0.2, 0.25) is 0 Å². The van der Waals surface area contributed by atoms with Crippen LogP contribution in [0, 0.1) is 5.92 Å². The number of halogens is 1. The molecule has 1 heterocycles. The SMILES string of the molecule is COc1ccc(C(C)=O)cc1CC(=O)N1CCC(CN)C1.Cl. The van der Waals surface area contributed by atoms with Crippen molar-refractivity contribution in [3.05, 3.63) is 29.3 Å². The number of hydrogen-bond acceptors (Lipinski definition) is 4. The van der Waals surface area contributed by atoms with Crippen LogP contribution in [0.1, 0.15) is 29.3 Å². The Morgan fingerprint density at radius 2 is 2.14 bits per heavy atom. The third-order valence-corrected chi connectivity index (χ3v) is 4.00. The highest BCUT2D eigenvalue weighted by Gasteiger charge is 2.25. The first kappa shape index (κ1) is 18.5. The van der Waals surface area contributed by atoms with Gasteiger partial charge in [0.1, 0.15) is 5.75 Å². The quantitative estimate of drug-likeness (QED) is 0.835. The molecule has 1 aliphatic rings. The Kier molecular flexibility index (Phi) is 6.84. The van der Waals surface area contributed by atoms with Crippen molar-refractivity contribution in [3.8, 4) is 5.75 Å². The minimum absolute atomic E-state index is 0. The molecule has 122 valence electrons. The molecule has 0 bridgehead atoms. The fraction of sp³-hybridized carbons (Fsp3) is 0.500. The van der Waals surface area contributed by atoms with Crippen LogP contribution in [-0.2, 0) is 11.2 Å². The third kappa shape index (κ3) is 4.21. The summed E-state index contributed by atoms with van der Waals surface area (Å²) in [4.78, 5) is 25.7. The average molecular weight is 327 g/mol. The van der Waals surface area contributed by atoms with Gasteiger partial charge in [-0.1, -0.05) is 0 Å². The molecule has 0 aliphatic carbocycles. The number of benzene rings is 1. The van der Waals surface area contributed by atoms with Gasteiger partial charge in [-0.15, -0.1) is 12.4 Å². The number of likely N-dealkylation sites (tertiary alicyclic amines) is 1. The molecule has 5 nitrogen and oxygen atoms in total. The van der Waals surface area contributed by atoms with Gasteiger partial charge in [0.15, 0.2) is 5.78 Å². The standard InChI is InChI=1S/C16H22N2O3.ClH/c1-11(19)13-3-4-15(21-2)14(7-13)8-16(20)18-6-5-12(9-17)10-18;/h3-4,7,12H,5-6,8-10,17H2,1-2H3;1H. The molecule has 22 heavy (non-hydrogen) atoms. The second-order valence-corrected chi connectivity index (χ2v) is 5.49. The molecule has 1 aliphatic heterocycles. The van der Waals surface area contributed by atoms with E-state index in [1.54, 1.807) is 25.3 Å². The van der Waals surface area contributed by atoms with E-state index < -0.39 is 0 Å². The fourth-order valence-corrected chi connectivity index (χ4v) is 2.66. The van der Waals surface area contributed by atoms with Crippen molar-refractivity contribution >= 4 is 24.1 Å².